The van der Waals surface area contributed by atoms with Crippen LogP contribution in [0.25, 0.3) is 0 Å². The topological polar surface area (TPSA) is 168 Å². The summed E-state index contributed by atoms with van der Waals surface area (Å²) >= 11 is 0. The summed E-state index contributed by atoms with van der Waals surface area (Å²) in [7, 11) is 0. The van der Waals surface area contributed by atoms with Crippen LogP contribution in [0.15, 0.2) is 36.4 Å². The number of benzene rings is 2. The van der Waals surface area contributed by atoms with Gasteiger partial charge in [0.15, 0.2) is 0 Å². The molecule has 0 saturated heterocycles. The van der Waals surface area contributed by atoms with Crippen molar-refractivity contribution in [3.63, 3.8) is 0 Å². The molecular formula is C19H16O10. The molecule has 0 aromatic heterocycles. The highest BCUT2D eigenvalue weighted by Crippen LogP contribution is 2.27. The molecule has 0 radical (unpaired) electrons. The van der Waals surface area contributed by atoms with Crippen molar-refractivity contribution in [2.24, 2.45) is 0 Å². The predicted molar refractivity (Wildman–Crippen MR) is 96.1 cm³/mol. The van der Waals surface area contributed by atoms with E-state index in [0.29, 0.717) is 0 Å². The van der Waals surface area contributed by atoms with Crippen LogP contribution in [0.5, 0.6) is 11.5 Å². The Bertz CT molecular complexity index is 927. The molecule has 2 aromatic rings. The van der Waals surface area contributed by atoms with Gasteiger partial charge in [-0.2, -0.15) is 0 Å². The monoisotopic (exact) mass is 404 g/mol. The van der Waals surface area contributed by atoms with Crippen LogP contribution in [0, 0.1) is 0 Å². The van der Waals surface area contributed by atoms with E-state index in [4.69, 9.17) is 19.7 Å². The van der Waals surface area contributed by atoms with Gasteiger partial charge in [-0.05, 0) is 36.4 Å². The van der Waals surface area contributed by atoms with Crippen LogP contribution < -0.4 is 9.47 Å². The molecule has 152 valence electrons. The van der Waals surface area contributed by atoms with Gasteiger partial charge in [-0.1, -0.05) is 0 Å². The van der Waals surface area contributed by atoms with Crippen LogP contribution in [-0.4, -0.2) is 50.1 Å². The summed E-state index contributed by atoms with van der Waals surface area (Å²) < 4.78 is 11.1. The van der Waals surface area contributed by atoms with E-state index in [2.05, 4.69) is 0 Å². The second-order valence-corrected chi connectivity index (χ2v) is 6.24. The van der Waals surface area contributed by atoms with Gasteiger partial charge < -0.3 is 29.9 Å². The summed E-state index contributed by atoms with van der Waals surface area (Å²) in [5, 5.41) is 36.4. The SMILES string of the molecule is CC(C)(Oc1ccc(C(=O)O)c(C(=O)O)c1)Oc1ccc(C(=O)O)c(C(=O)O)c1. The van der Waals surface area contributed by atoms with Gasteiger partial charge in [-0.15, -0.1) is 0 Å². The zero-order valence-corrected chi connectivity index (χ0v) is 15.2. The first kappa shape index (κ1) is 21.2. The minimum atomic E-state index is -1.46. The minimum absolute atomic E-state index is 0.00184. The van der Waals surface area contributed by atoms with Gasteiger partial charge in [-0.3, -0.25) is 0 Å². The molecule has 0 spiro atoms. The Hall–Kier alpha value is -4.08. The molecule has 2 rings (SSSR count). The van der Waals surface area contributed by atoms with Gasteiger partial charge in [0.05, 0.1) is 22.3 Å². The highest BCUT2D eigenvalue weighted by atomic mass is 16.7. The lowest BCUT2D eigenvalue weighted by Crippen LogP contribution is -2.35. The van der Waals surface area contributed by atoms with Crippen molar-refractivity contribution in [3.05, 3.63) is 58.7 Å². The molecule has 0 unspecified atom stereocenters. The molecule has 4 N–H and O–H groups in total. The van der Waals surface area contributed by atoms with Crippen molar-refractivity contribution in [3.8, 4) is 11.5 Å². The van der Waals surface area contributed by atoms with E-state index < -0.39 is 51.9 Å². The zero-order valence-electron chi connectivity index (χ0n) is 15.2. The minimum Gasteiger partial charge on any atom is -0.478 e. The number of hydrogen-bond donors (Lipinski definition) is 4. The van der Waals surface area contributed by atoms with E-state index in [1.54, 1.807) is 0 Å². The first-order valence-electron chi connectivity index (χ1n) is 8.00. The lowest BCUT2D eigenvalue weighted by molar-refractivity contribution is -0.0810. The van der Waals surface area contributed by atoms with Gasteiger partial charge in [-0.25, -0.2) is 19.2 Å². The van der Waals surface area contributed by atoms with E-state index in [1.807, 2.05) is 0 Å². The molecule has 2 aromatic carbocycles. The highest BCUT2D eigenvalue weighted by molar-refractivity contribution is 6.02. The van der Waals surface area contributed by atoms with Crippen molar-refractivity contribution in [2.75, 3.05) is 0 Å². The van der Waals surface area contributed by atoms with E-state index in [0.717, 1.165) is 24.3 Å². The van der Waals surface area contributed by atoms with E-state index >= 15 is 0 Å². The van der Waals surface area contributed by atoms with Crippen LogP contribution >= 0.6 is 0 Å². The standard InChI is InChI=1S/C19H16O10/c1-19(2,28-9-3-5-11(15(20)21)13(7-9)17(24)25)29-10-4-6-12(16(22)23)14(8-10)18(26)27/h3-8H,1-2H3,(H,20,21)(H,22,23)(H,24,25)(H,26,27). The number of carboxylic acids is 4. The summed E-state index contributed by atoms with van der Waals surface area (Å²) in [5.41, 5.74) is -1.80. The zero-order chi connectivity index (χ0) is 21.9. The first-order valence-corrected chi connectivity index (χ1v) is 8.00. The molecule has 0 saturated carbocycles. The molecule has 0 bridgehead atoms. The molecule has 0 fully saturated rings. The van der Waals surface area contributed by atoms with Gasteiger partial charge in [0.25, 0.3) is 0 Å². The third-order valence-electron chi connectivity index (χ3n) is 3.63. The molecule has 0 aliphatic heterocycles. The molecule has 29 heavy (non-hydrogen) atoms. The maximum absolute atomic E-state index is 11.3. The molecule has 0 aliphatic carbocycles. The lowest BCUT2D eigenvalue weighted by atomic mass is 10.1. The summed E-state index contributed by atoms with van der Waals surface area (Å²) in [6, 6.07) is 6.68. The lowest BCUT2D eigenvalue weighted by Gasteiger charge is -2.28. The summed E-state index contributed by atoms with van der Waals surface area (Å²) in [6.45, 7) is 2.90. The van der Waals surface area contributed by atoms with Gasteiger partial charge >= 0.3 is 23.9 Å². The number of hydrogen-bond acceptors (Lipinski definition) is 6. The Labute approximate surface area is 163 Å². The Balaban J connectivity index is 2.31. The van der Waals surface area contributed by atoms with Crippen LogP contribution in [0.2, 0.25) is 0 Å². The van der Waals surface area contributed by atoms with Crippen LogP contribution in [0.3, 0.4) is 0 Å². The van der Waals surface area contributed by atoms with Crippen molar-refractivity contribution in [1.29, 1.82) is 0 Å². The van der Waals surface area contributed by atoms with Gasteiger partial charge in [0.2, 0.25) is 5.79 Å². The Morgan fingerprint density at radius 2 is 0.931 bits per heavy atom. The Kier molecular flexibility index (Phi) is 5.77. The fraction of sp³-hybridized carbons (Fsp3) is 0.158. The summed E-state index contributed by atoms with van der Waals surface area (Å²) in [6.07, 6.45) is 0. The number of rotatable bonds is 8. The molecule has 0 amide bonds. The smallest absolute Gasteiger partial charge is 0.336 e. The maximum Gasteiger partial charge on any atom is 0.336 e. The first-order chi connectivity index (χ1) is 13.4. The number of ether oxygens (including phenoxy) is 2. The largest absolute Gasteiger partial charge is 0.478 e. The molecular weight excluding hydrogens is 388 g/mol. The van der Waals surface area contributed by atoms with Crippen molar-refractivity contribution in [2.45, 2.75) is 19.6 Å². The second kappa shape index (κ2) is 7.89. The Morgan fingerprint density at radius 3 is 1.21 bits per heavy atom. The van der Waals surface area contributed by atoms with Crippen LogP contribution in [0.4, 0.5) is 0 Å². The van der Waals surface area contributed by atoms with Crippen molar-refractivity contribution < 1.29 is 49.1 Å². The quantitative estimate of drug-likeness (QED) is 0.480. The summed E-state index contributed by atoms with van der Waals surface area (Å²) in [5.74, 6) is -7.19. The molecule has 10 heteroatoms. The normalized spacial score (nSPS) is 10.8. The Morgan fingerprint density at radius 1 is 0.621 bits per heavy atom. The molecule has 0 atom stereocenters. The third-order valence-corrected chi connectivity index (χ3v) is 3.63. The van der Waals surface area contributed by atoms with Crippen LogP contribution in [0.1, 0.15) is 55.3 Å². The second-order valence-electron chi connectivity index (χ2n) is 6.24. The fourth-order valence-electron chi connectivity index (χ4n) is 2.49. The maximum atomic E-state index is 11.3. The van der Waals surface area contributed by atoms with Crippen LogP contribution in [-0.2, 0) is 0 Å². The molecule has 0 aliphatic rings. The van der Waals surface area contributed by atoms with E-state index in [-0.39, 0.29) is 11.5 Å². The average molecular weight is 404 g/mol. The van der Waals surface area contributed by atoms with E-state index in [1.165, 1.54) is 26.0 Å². The number of carbonyl (C=O) groups is 4. The highest BCUT2D eigenvalue weighted by Gasteiger charge is 2.26. The van der Waals surface area contributed by atoms with Gasteiger partial charge in [0.1, 0.15) is 11.5 Å². The summed E-state index contributed by atoms with van der Waals surface area (Å²) in [4.78, 5) is 44.8. The number of aromatic carboxylic acids is 4. The average Bonchev–Trinajstić information content (AvgIpc) is 2.60. The molecule has 10 nitrogen and oxygen atoms in total. The third kappa shape index (κ3) is 5.01. The number of carboxylic acid groups (broad SMARTS) is 4. The van der Waals surface area contributed by atoms with Crippen molar-refractivity contribution >= 4 is 23.9 Å². The van der Waals surface area contributed by atoms with E-state index in [9.17, 15) is 29.4 Å². The predicted octanol–water partition coefficient (Wildman–Crippen LogP) is 2.67. The van der Waals surface area contributed by atoms with Crippen molar-refractivity contribution in [1.82, 2.24) is 0 Å². The fourth-order valence-corrected chi connectivity index (χ4v) is 2.49. The van der Waals surface area contributed by atoms with Gasteiger partial charge in [0, 0.05) is 13.8 Å². The molecule has 0 heterocycles.